The minimum Gasteiger partial charge on any atom is -0.394 e. The van der Waals surface area contributed by atoms with Crippen molar-refractivity contribution in [3.05, 3.63) is 35.9 Å². The number of nitrogens with two attached hydrogens (primary N) is 3. The van der Waals surface area contributed by atoms with E-state index in [1.165, 1.54) is 25.6 Å². The number of nitrogens with one attached hydrogen (secondary N) is 7. The molecular formula is C42H69N11O9S. The third-order valence-electron chi connectivity index (χ3n) is 10.4. The van der Waals surface area contributed by atoms with Gasteiger partial charge in [0.2, 0.25) is 47.3 Å². The Morgan fingerprint density at radius 3 is 1.83 bits per heavy atom. The number of guanidine groups is 1. The van der Waals surface area contributed by atoms with Crippen LogP contribution in [0.1, 0.15) is 104 Å². The Hall–Kier alpha value is -5.44. The Morgan fingerprint density at radius 1 is 0.698 bits per heavy atom. The average molecular weight is 904 g/mol. The van der Waals surface area contributed by atoms with Crippen LogP contribution in [0.5, 0.6) is 0 Å². The van der Waals surface area contributed by atoms with Crippen LogP contribution in [0.3, 0.4) is 0 Å². The van der Waals surface area contributed by atoms with Gasteiger partial charge in [-0.05, 0) is 68.4 Å². The molecule has 0 saturated heterocycles. The van der Waals surface area contributed by atoms with E-state index in [1.54, 1.807) is 36.6 Å². The van der Waals surface area contributed by atoms with Crippen molar-refractivity contribution in [2.75, 3.05) is 25.2 Å². The van der Waals surface area contributed by atoms with E-state index < -0.39 is 96.2 Å². The van der Waals surface area contributed by atoms with E-state index in [0.29, 0.717) is 17.7 Å². The number of carbonyl (C=O) groups is 8. The van der Waals surface area contributed by atoms with Crippen LogP contribution in [0.2, 0.25) is 0 Å². The number of thioether (sulfide) groups is 1. The number of rotatable bonds is 27. The molecule has 8 amide bonds. The molecule has 1 aliphatic carbocycles. The molecule has 0 unspecified atom stereocenters. The summed E-state index contributed by atoms with van der Waals surface area (Å²) in [6, 6.07) is -0.166. The summed E-state index contributed by atoms with van der Waals surface area (Å²) in [5.74, 6) is -5.19. The van der Waals surface area contributed by atoms with Gasteiger partial charge in [0, 0.05) is 13.5 Å². The van der Waals surface area contributed by atoms with Crippen molar-refractivity contribution in [1.82, 2.24) is 37.2 Å². The van der Waals surface area contributed by atoms with E-state index in [4.69, 9.17) is 17.2 Å². The number of amides is 8. The number of aliphatic imine (C=N–C) groups is 1. The second-order valence-corrected chi connectivity index (χ2v) is 17.3. The normalized spacial score (nSPS) is 16.0. The smallest absolute Gasteiger partial charge is 0.247 e. The fourth-order valence-corrected chi connectivity index (χ4v) is 7.56. The Morgan fingerprint density at radius 2 is 1.25 bits per heavy atom. The van der Waals surface area contributed by atoms with Crippen molar-refractivity contribution >= 4 is 65.0 Å². The summed E-state index contributed by atoms with van der Waals surface area (Å²) in [4.78, 5) is 110. The van der Waals surface area contributed by atoms with E-state index in [-0.39, 0.29) is 50.0 Å². The summed E-state index contributed by atoms with van der Waals surface area (Å²) in [7, 11) is 0. The lowest BCUT2D eigenvalue weighted by Gasteiger charge is -2.29. The van der Waals surface area contributed by atoms with Crippen molar-refractivity contribution in [1.29, 1.82) is 0 Å². The first-order valence-electron chi connectivity index (χ1n) is 21.4. The van der Waals surface area contributed by atoms with Crippen LogP contribution < -0.4 is 54.4 Å². The Balaban J connectivity index is 2.31. The lowest BCUT2D eigenvalue weighted by atomic mass is 9.84. The van der Waals surface area contributed by atoms with Gasteiger partial charge in [0.25, 0.3) is 0 Å². The zero-order chi connectivity index (χ0) is 47.1. The van der Waals surface area contributed by atoms with Crippen LogP contribution in [0.25, 0.3) is 0 Å². The Kier molecular flexibility index (Phi) is 24.1. The molecule has 0 heterocycles. The molecule has 0 aliphatic heterocycles. The lowest BCUT2D eigenvalue weighted by molar-refractivity contribution is -0.136. The number of aliphatic hydroxyl groups is 1. The molecule has 1 aliphatic rings. The van der Waals surface area contributed by atoms with Crippen LogP contribution in [-0.4, -0.2) is 120 Å². The highest BCUT2D eigenvalue weighted by atomic mass is 32.2. The molecule has 1 aromatic carbocycles. The predicted molar refractivity (Wildman–Crippen MR) is 240 cm³/mol. The second kappa shape index (κ2) is 28.3. The molecule has 2 rings (SSSR count). The topological polar surface area (TPSA) is 331 Å². The molecule has 0 bridgehead atoms. The molecule has 1 fully saturated rings. The molecule has 0 aromatic heterocycles. The molecule has 14 N–H and O–H groups in total. The van der Waals surface area contributed by atoms with Gasteiger partial charge in [0.1, 0.15) is 42.3 Å². The monoisotopic (exact) mass is 904 g/mol. The van der Waals surface area contributed by atoms with E-state index in [2.05, 4.69) is 42.2 Å². The van der Waals surface area contributed by atoms with Gasteiger partial charge in [-0.15, -0.1) is 0 Å². The van der Waals surface area contributed by atoms with Gasteiger partial charge in [-0.25, -0.2) is 0 Å². The number of hydrogen-bond acceptors (Lipinski definition) is 11. The molecule has 1 aromatic rings. The fourth-order valence-electron chi connectivity index (χ4n) is 7.09. The number of primary amides is 1. The minimum atomic E-state index is -1.47. The summed E-state index contributed by atoms with van der Waals surface area (Å²) in [6.45, 7) is 5.64. The van der Waals surface area contributed by atoms with Gasteiger partial charge in [0.15, 0.2) is 5.96 Å². The summed E-state index contributed by atoms with van der Waals surface area (Å²) in [5, 5.41) is 28.2. The number of carbonyl (C=O) groups excluding carboxylic acids is 8. The van der Waals surface area contributed by atoms with Gasteiger partial charge in [0.05, 0.1) is 6.61 Å². The summed E-state index contributed by atoms with van der Waals surface area (Å²) in [6.07, 6.45) is 7.88. The minimum absolute atomic E-state index is 0.00200. The molecule has 1 saturated carbocycles. The third kappa shape index (κ3) is 20.1. The molecule has 352 valence electrons. The number of nitrogens with zero attached hydrogens (tertiary/aromatic N) is 1. The summed E-state index contributed by atoms with van der Waals surface area (Å²) < 4.78 is 0. The number of hydrogen-bond donors (Lipinski definition) is 11. The van der Waals surface area contributed by atoms with E-state index in [1.807, 2.05) is 13.8 Å². The number of aliphatic hydroxyl groups excluding tert-OH is 1. The van der Waals surface area contributed by atoms with Crippen molar-refractivity contribution in [3.63, 3.8) is 0 Å². The second-order valence-electron chi connectivity index (χ2n) is 16.3. The first kappa shape index (κ1) is 53.7. The molecule has 20 nitrogen and oxygen atoms in total. The van der Waals surface area contributed by atoms with E-state index in [9.17, 15) is 43.5 Å². The largest absolute Gasteiger partial charge is 0.394 e. The zero-order valence-electron chi connectivity index (χ0n) is 37.1. The highest BCUT2D eigenvalue weighted by molar-refractivity contribution is 7.98. The maximum absolute atomic E-state index is 14.2. The van der Waals surface area contributed by atoms with Gasteiger partial charge in [-0.1, -0.05) is 76.3 Å². The first-order valence-corrected chi connectivity index (χ1v) is 22.8. The van der Waals surface area contributed by atoms with Crippen molar-refractivity contribution in [3.8, 4) is 0 Å². The highest BCUT2D eigenvalue weighted by Gasteiger charge is 2.34. The Bertz CT molecular complexity index is 1710. The van der Waals surface area contributed by atoms with E-state index >= 15 is 0 Å². The standard InChI is InChI=1S/C42H69N11O9S/c1-24(2)21-31(35(43)56)51-40(61)33(23-54)52-36(57)25(3)47-37(58)30(18-20-63-5)50-41(62)34(28-15-10-7-11-16-28)53-38(59)29(17-12-19-46-42(44)45)49-39(60)32(48-26(4)55)22-27-13-8-6-9-14-27/h7,10-11,15-16,24-25,27,29-34,54H,6,8-9,12-14,17-23H2,1-5H3,(H2,43,56)(H,47,58)(H,48,55)(H,49,60)(H,50,62)(H,51,61)(H,52,57)(H,53,59)(H4,44,45,46)/t25-,29-,30-,31-,32-,33-,34-/m0/s1. The van der Waals surface area contributed by atoms with Crippen LogP contribution in [0, 0.1) is 11.8 Å². The van der Waals surface area contributed by atoms with Gasteiger partial charge in [-0.2, -0.15) is 11.8 Å². The molecule has 63 heavy (non-hydrogen) atoms. The molecule has 0 radical (unpaired) electrons. The van der Waals surface area contributed by atoms with Gasteiger partial charge in [-0.3, -0.25) is 43.3 Å². The van der Waals surface area contributed by atoms with Crippen molar-refractivity contribution in [2.45, 2.75) is 134 Å². The predicted octanol–water partition coefficient (Wildman–Crippen LogP) is -0.907. The lowest BCUT2D eigenvalue weighted by Crippen LogP contribution is -2.59. The SMILES string of the molecule is CSCC[C@H](NC(=O)[C@@H](NC(=O)[C@H](CCCN=C(N)N)NC(=O)[C@H](CC1CCCCC1)NC(C)=O)c1ccccc1)C(=O)N[C@@H](C)C(=O)N[C@@H](CO)C(=O)N[C@@H](CC(C)C)C(N)=O. The zero-order valence-corrected chi connectivity index (χ0v) is 37.9. The Labute approximate surface area is 374 Å². The first-order chi connectivity index (χ1) is 29.9. The summed E-state index contributed by atoms with van der Waals surface area (Å²) >= 11 is 1.40. The van der Waals surface area contributed by atoms with E-state index in [0.717, 1.165) is 32.1 Å². The summed E-state index contributed by atoms with van der Waals surface area (Å²) in [5.41, 5.74) is 16.8. The molecule has 21 heteroatoms. The van der Waals surface area contributed by atoms with Gasteiger partial charge < -0.3 is 59.5 Å². The molecular weight excluding hydrogens is 835 g/mol. The third-order valence-corrected chi connectivity index (χ3v) is 11.1. The van der Waals surface area contributed by atoms with Crippen molar-refractivity contribution < 1.29 is 43.5 Å². The van der Waals surface area contributed by atoms with Crippen LogP contribution in [0.15, 0.2) is 35.3 Å². The number of benzene rings is 1. The van der Waals surface area contributed by atoms with Crippen LogP contribution in [-0.2, 0) is 38.4 Å². The molecule has 7 atom stereocenters. The highest BCUT2D eigenvalue weighted by Crippen LogP contribution is 2.27. The fraction of sp³-hybridized carbons (Fsp3) is 0.643. The van der Waals surface area contributed by atoms with Crippen molar-refractivity contribution in [2.24, 2.45) is 34.0 Å². The average Bonchev–Trinajstić information content (AvgIpc) is 3.23. The quantitative estimate of drug-likeness (QED) is 0.0291. The van der Waals surface area contributed by atoms with Crippen LogP contribution in [0.4, 0.5) is 0 Å². The molecule has 0 spiro atoms. The van der Waals surface area contributed by atoms with Gasteiger partial charge >= 0.3 is 0 Å². The maximum atomic E-state index is 14.2. The maximum Gasteiger partial charge on any atom is 0.247 e. The van der Waals surface area contributed by atoms with Crippen LogP contribution >= 0.6 is 11.8 Å².